The molecule has 2 rings (SSSR count). The number of carbonyl (C=O) groups is 1. The molecule has 5 nitrogen and oxygen atoms in total. The van der Waals surface area contributed by atoms with E-state index >= 15 is 0 Å². The normalized spacial score (nSPS) is 10.7. The van der Waals surface area contributed by atoms with Crippen LogP contribution in [-0.2, 0) is 17.7 Å². The maximum Gasteiger partial charge on any atom is 0.360 e. The van der Waals surface area contributed by atoms with Gasteiger partial charge in [0.1, 0.15) is 11.6 Å². The summed E-state index contributed by atoms with van der Waals surface area (Å²) >= 11 is 3.01. The van der Waals surface area contributed by atoms with Crippen LogP contribution in [-0.4, -0.2) is 28.1 Å². The van der Waals surface area contributed by atoms with Gasteiger partial charge in [0, 0.05) is 5.56 Å². The molecule has 0 aliphatic carbocycles. The van der Waals surface area contributed by atoms with Gasteiger partial charge < -0.3 is 4.74 Å². The first-order valence-corrected chi connectivity index (χ1v) is 6.91. The molecule has 21 heavy (non-hydrogen) atoms. The largest absolute Gasteiger partial charge is 0.464 e. The van der Waals surface area contributed by atoms with Crippen molar-refractivity contribution in [3.63, 3.8) is 0 Å². The van der Waals surface area contributed by atoms with Crippen LogP contribution in [0.5, 0.6) is 0 Å². The van der Waals surface area contributed by atoms with Crippen molar-refractivity contribution in [1.29, 1.82) is 0 Å². The van der Waals surface area contributed by atoms with Crippen LogP contribution >= 0.6 is 15.9 Å². The van der Waals surface area contributed by atoms with Gasteiger partial charge in [-0.05, 0) is 34.5 Å². The van der Waals surface area contributed by atoms with E-state index in [4.69, 9.17) is 0 Å². The highest BCUT2D eigenvalue weighted by Crippen LogP contribution is 2.23. The van der Waals surface area contributed by atoms with E-state index in [1.165, 1.54) is 17.9 Å². The summed E-state index contributed by atoms with van der Waals surface area (Å²) < 4.78 is 33.8. The predicted octanol–water partition coefficient (Wildman–Crippen LogP) is 2.72. The Kier molecular flexibility index (Phi) is 4.66. The van der Waals surface area contributed by atoms with Crippen LogP contribution in [0.2, 0.25) is 0 Å². The molecule has 0 aliphatic rings. The lowest BCUT2D eigenvalue weighted by Crippen LogP contribution is -2.12. The summed E-state index contributed by atoms with van der Waals surface area (Å²) in [6, 6.07) is 2.45. The fourth-order valence-corrected chi connectivity index (χ4v) is 2.30. The van der Waals surface area contributed by atoms with Crippen LogP contribution in [0.4, 0.5) is 8.78 Å². The van der Waals surface area contributed by atoms with Crippen LogP contribution in [0.25, 0.3) is 0 Å². The second kappa shape index (κ2) is 6.30. The monoisotopic (exact) mass is 359 g/mol. The molecule has 0 amide bonds. The Labute approximate surface area is 128 Å². The Balaban J connectivity index is 2.44. The summed E-state index contributed by atoms with van der Waals surface area (Å²) in [4.78, 5) is 11.6. The predicted molar refractivity (Wildman–Crippen MR) is 73.9 cm³/mol. The molecule has 112 valence electrons. The number of hydrogen-bond acceptors (Lipinski definition) is 4. The van der Waals surface area contributed by atoms with Crippen molar-refractivity contribution < 1.29 is 18.3 Å². The van der Waals surface area contributed by atoms with Gasteiger partial charge in [0.05, 0.1) is 23.8 Å². The zero-order chi connectivity index (χ0) is 15.6. The van der Waals surface area contributed by atoms with Crippen molar-refractivity contribution >= 4 is 21.9 Å². The smallest absolute Gasteiger partial charge is 0.360 e. The number of rotatable bonds is 4. The van der Waals surface area contributed by atoms with E-state index < -0.39 is 17.6 Å². The fourth-order valence-electron chi connectivity index (χ4n) is 1.93. The number of esters is 1. The van der Waals surface area contributed by atoms with Crippen LogP contribution in [0, 0.1) is 11.6 Å². The van der Waals surface area contributed by atoms with E-state index in [9.17, 15) is 13.6 Å². The SMILES string of the molecule is CCc1c(C(=O)OC)nnn1Cc1c(F)ccc(Br)c1F. The molecule has 0 aliphatic heterocycles. The molecule has 8 heteroatoms. The molecule has 0 fully saturated rings. The lowest BCUT2D eigenvalue weighted by molar-refractivity contribution is 0.0592. The second-order valence-electron chi connectivity index (χ2n) is 4.21. The van der Waals surface area contributed by atoms with E-state index in [0.717, 1.165) is 6.07 Å². The maximum atomic E-state index is 14.0. The van der Waals surface area contributed by atoms with Crippen LogP contribution < -0.4 is 0 Å². The first-order valence-electron chi connectivity index (χ1n) is 6.12. The molecule has 0 N–H and O–H groups in total. The van der Waals surface area contributed by atoms with Crippen molar-refractivity contribution in [2.45, 2.75) is 19.9 Å². The van der Waals surface area contributed by atoms with E-state index in [1.807, 2.05) is 0 Å². The standard InChI is InChI=1S/C13H12BrF2N3O2/c1-3-10-12(13(20)21-2)17-18-19(10)6-7-9(15)5-4-8(14)11(7)16/h4-5H,3,6H2,1-2H3. The minimum absolute atomic E-state index is 0.0517. The molecule has 0 saturated heterocycles. The minimum atomic E-state index is -0.702. The summed E-state index contributed by atoms with van der Waals surface area (Å²) in [5.74, 6) is -2.02. The van der Waals surface area contributed by atoms with E-state index in [-0.39, 0.29) is 22.3 Å². The van der Waals surface area contributed by atoms with Gasteiger partial charge in [-0.25, -0.2) is 18.3 Å². The molecule has 0 atom stereocenters. The van der Waals surface area contributed by atoms with Crippen LogP contribution in [0.3, 0.4) is 0 Å². The zero-order valence-electron chi connectivity index (χ0n) is 11.4. The van der Waals surface area contributed by atoms with Gasteiger partial charge in [0.15, 0.2) is 5.69 Å². The molecular weight excluding hydrogens is 348 g/mol. The Hall–Kier alpha value is -1.83. The first kappa shape index (κ1) is 15.6. The van der Waals surface area contributed by atoms with E-state index in [1.54, 1.807) is 6.92 Å². The van der Waals surface area contributed by atoms with Gasteiger partial charge in [0.25, 0.3) is 0 Å². The number of aromatic nitrogens is 3. The average molecular weight is 360 g/mol. The quantitative estimate of drug-likeness (QED) is 0.622. The Morgan fingerprint density at radius 3 is 2.76 bits per heavy atom. The van der Waals surface area contributed by atoms with Gasteiger partial charge in [-0.1, -0.05) is 12.1 Å². The molecule has 2 aromatic rings. The Morgan fingerprint density at radius 1 is 1.43 bits per heavy atom. The number of carbonyl (C=O) groups excluding carboxylic acids is 1. The number of benzene rings is 1. The average Bonchev–Trinajstić information content (AvgIpc) is 2.89. The summed E-state index contributed by atoms with van der Waals surface area (Å²) in [5.41, 5.74) is 0.358. The number of hydrogen-bond donors (Lipinski definition) is 0. The molecule has 1 aromatic carbocycles. The molecule has 0 bridgehead atoms. The van der Waals surface area contributed by atoms with Crippen molar-refractivity contribution in [2.75, 3.05) is 7.11 Å². The highest BCUT2D eigenvalue weighted by molar-refractivity contribution is 9.10. The van der Waals surface area contributed by atoms with Crippen molar-refractivity contribution in [1.82, 2.24) is 15.0 Å². The Bertz CT molecular complexity index is 688. The van der Waals surface area contributed by atoms with Gasteiger partial charge in [-0.2, -0.15) is 0 Å². The number of halogens is 3. The van der Waals surface area contributed by atoms with Crippen molar-refractivity contribution in [2.24, 2.45) is 0 Å². The van der Waals surface area contributed by atoms with Gasteiger partial charge in [0.2, 0.25) is 0 Å². The lowest BCUT2D eigenvalue weighted by Gasteiger charge is -2.09. The third-order valence-corrected chi connectivity index (χ3v) is 3.61. The molecular formula is C13H12BrF2N3O2. The summed E-state index contributed by atoms with van der Waals surface area (Å²) in [6.07, 6.45) is 0.425. The van der Waals surface area contributed by atoms with E-state index in [0.29, 0.717) is 12.1 Å². The minimum Gasteiger partial charge on any atom is -0.464 e. The van der Waals surface area contributed by atoms with Crippen molar-refractivity contribution in [3.8, 4) is 0 Å². The topological polar surface area (TPSA) is 57.0 Å². The van der Waals surface area contributed by atoms with Crippen molar-refractivity contribution in [3.05, 3.63) is 45.2 Å². The number of ether oxygens (including phenoxy) is 1. The highest BCUT2D eigenvalue weighted by Gasteiger charge is 2.21. The molecule has 1 aromatic heterocycles. The van der Waals surface area contributed by atoms with Crippen LogP contribution in [0.15, 0.2) is 16.6 Å². The lowest BCUT2D eigenvalue weighted by atomic mass is 10.2. The first-order chi connectivity index (χ1) is 9.99. The summed E-state index contributed by atoms with van der Waals surface area (Å²) in [5, 5.41) is 7.50. The second-order valence-corrected chi connectivity index (χ2v) is 5.06. The fraction of sp³-hybridized carbons (Fsp3) is 0.308. The summed E-state index contributed by atoms with van der Waals surface area (Å²) in [6.45, 7) is 1.62. The van der Waals surface area contributed by atoms with Crippen LogP contribution in [0.1, 0.15) is 28.7 Å². The highest BCUT2D eigenvalue weighted by atomic mass is 79.9. The molecule has 1 heterocycles. The molecule has 0 saturated carbocycles. The third-order valence-electron chi connectivity index (χ3n) is 3.00. The molecule has 0 spiro atoms. The number of nitrogens with zero attached hydrogens (tertiary/aromatic N) is 3. The summed E-state index contributed by atoms with van der Waals surface area (Å²) in [7, 11) is 1.23. The van der Waals surface area contributed by atoms with Gasteiger partial charge >= 0.3 is 5.97 Å². The van der Waals surface area contributed by atoms with E-state index in [2.05, 4.69) is 31.0 Å². The Morgan fingerprint density at radius 2 is 2.14 bits per heavy atom. The third kappa shape index (κ3) is 2.94. The molecule has 0 radical (unpaired) electrons. The molecule has 0 unspecified atom stereocenters. The zero-order valence-corrected chi connectivity index (χ0v) is 12.9. The van der Waals surface area contributed by atoms with Gasteiger partial charge in [-0.3, -0.25) is 0 Å². The maximum absolute atomic E-state index is 14.0. The number of methoxy groups -OCH3 is 1. The van der Waals surface area contributed by atoms with Gasteiger partial charge in [-0.15, -0.1) is 5.10 Å².